The van der Waals surface area contributed by atoms with E-state index in [9.17, 15) is 4.79 Å². The normalized spacial score (nSPS) is 11.9. The molecule has 0 saturated heterocycles. The van der Waals surface area contributed by atoms with Crippen LogP contribution in [0.5, 0.6) is 0 Å². The summed E-state index contributed by atoms with van der Waals surface area (Å²) in [7, 11) is 1.60. The second-order valence-corrected chi connectivity index (χ2v) is 5.20. The topological polar surface area (TPSA) is 93.0 Å². The second kappa shape index (κ2) is 5.39. The first-order valence-electron chi connectivity index (χ1n) is 5.95. The highest BCUT2D eigenvalue weighted by atomic mass is 16.5. The molecule has 1 amide bonds. The van der Waals surface area contributed by atoms with Gasteiger partial charge < -0.3 is 15.8 Å². The van der Waals surface area contributed by atoms with Gasteiger partial charge in [0.2, 0.25) is 0 Å². The van der Waals surface area contributed by atoms with Crippen molar-refractivity contribution in [3.63, 3.8) is 0 Å². The number of amides is 1. The van der Waals surface area contributed by atoms with Crippen molar-refractivity contribution in [3.8, 4) is 0 Å². The molecule has 18 heavy (non-hydrogen) atoms. The monoisotopic (exact) mass is 254 g/mol. The number of H-pyrrole nitrogens is 1. The number of hydrogen-bond donors (Lipinski definition) is 3. The minimum atomic E-state index is -0.415. The van der Waals surface area contributed by atoms with Crippen molar-refractivity contribution >= 4 is 11.6 Å². The maximum Gasteiger partial charge on any atom is 0.274 e. The van der Waals surface area contributed by atoms with Crippen LogP contribution in [0.1, 0.15) is 49.8 Å². The highest BCUT2D eigenvalue weighted by Crippen LogP contribution is 2.21. The molecule has 1 aromatic rings. The Bertz CT molecular complexity index is 424. The van der Waals surface area contributed by atoms with E-state index in [-0.39, 0.29) is 17.5 Å². The van der Waals surface area contributed by atoms with Gasteiger partial charge in [0.15, 0.2) is 5.69 Å². The van der Waals surface area contributed by atoms with Crippen LogP contribution < -0.4 is 11.1 Å². The highest BCUT2D eigenvalue weighted by molar-refractivity contribution is 5.97. The number of carbonyl (C=O) groups is 1. The molecule has 0 aromatic carbocycles. The molecule has 0 unspecified atom stereocenters. The van der Waals surface area contributed by atoms with E-state index in [0.29, 0.717) is 12.2 Å². The number of nitrogens with zero attached hydrogens (tertiary/aromatic N) is 1. The van der Waals surface area contributed by atoms with E-state index in [2.05, 4.69) is 15.5 Å². The number of anilines is 1. The summed E-state index contributed by atoms with van der Waals surface area (Å²) in [4.78, 5) is 11.9. The zero-order chi connectivity index (χ0) is 13.9. The number of methoxy groups -OCH3 is 1. The van der Waals surface area contributed by atoms with Gasteiger partial charge in [-0.05, 0) is 19.8 Å². The Morgan fingerprint density at radius 2 is 2.17 bits per heavy atom. The SMILES string of the molecule is COC(C)(C)CNC(=O)c1n[nH]c(C(C)C)c1N. The lowest BCUT2D eigenvalue weighted by molar-refractivity contribution is 0.0228. The van der Waals surface area contributed by atoms with E-state index in [1.54, 1.807) is 7.11 Å². The number of nitrogens with two attached hydrogens (primary N) is 1. The largest absolute Gasteiger partial charge is 0.395 e. The van der Waals surface area contributed by atoms with Gasteiger partial charge in [0, 0.05) is 13.7 Å². The Hall–Kier alpha value is -1.56. The number of aromatic amines is 1. The predicted octanol–water partition coefficient (Wildman–Crippen LogP) is 1.27. The average molecular weight is 254 g/mol. The first-order valence-corrected chi connectivity index (χ1v) is 5.95. The molecule has 0 fully saturated rings. The summed E-state index contributed by atoms with van der Waals surface area (Å²) in [5.74, 6) is -0.0877. The standard InChI is InChI=1S/C12H22N4O2/c1-7(2)9-8(13)10(16-15-9)11(17)14-6-12(3,4)18-5/h7H,6,13H2,1-5H3,(H,14,17)(H,15,16). The van der Waals surface area contributed by atoms with Crippen molar-refractivity contribution in [2.24, 2.45) is 0 Å². The zero-order valence-electron chi connectivity index (χ0n) is 11.6. The van der Waals surface area contributed by atoms with Crippen molar-refractivity contribution in [2.75, 3.05) is 19.4 Å². The van der Waals surface area contributed by atoms with Crippen LogP contribution in [-0.2, 0) is 4.74 Å². The van der Waals surface area contributed by atoms with Gasteiger partial charge in [-0.3, -0.25) is 9.89 Å². The lowest BCUT2D eigenvalue weighted by atomic mass is 10.1. The maximum atomic E-state index is 11.9. The maximum absolute atomic E-state index is 11.9. The average Bonchev–Trinajstić information content (AvgIpc) is 2.68. The number of rotatable bonds is 5. The van der Waals surface area contributed by atoms with Gasteiger partial charge in [-0.15, -0.1) is 0 Å². The molecule has 0 aliphatic carbocycles. The molecule has 1 heterocycles. The lowest BCUT2D eigenvalue weighted by Gasteiger charge is -2.22. The van der Waals surface area contributed by atoms with Gasteiger partial charge >= 0.3 is 0 Å². The minimum Gasteiger partial charge on any atom is -0.395 e. The van der Waals surface area contributed by atoms with Gasteiger partial charge in [0.05, 0.1) is 17.0 Å². The van der Waals surface area contributed by atoms with Crippen LogP contribution in [0.25, 0.3) is 0 Å². The number of aromatic nitrogens is 2. The Kier molecular flexibility index (Phi) is 4.34. The zero-order valence-corrected chi connectivity index (χ0v) is 11.6. The van der Waals surface area contributed by atoms with Crippen molar-refractivity contribution in [1.82, 2.24) is 15.5 Å². The lowest BCUT2D eigenvalue weighted by Crippen LogP contribution is -2.40. The van der Waals surface area contributed by atoms with E-state index < -0.39 is 5.60 Å². The van der Waals surface area contributed by atoms with Crippen LogP contribution in [0, 0.1) is 0 Å². The van der Waals surface area contributed by atoms with Gasteiger partial charge in [-0.25, -0.2) is 0 Å². The third-order valence-corrected chi connectivity index (χ3v) is 2.85. The molecule has 1 aromatic heterocycles. The Balaban J connectivity index is 2.74. The summed E-state index contributed by atoms with van der Waals surface area (Å²) in [6.07, 6.45) is 0. The fourth-order valence-electron chi connectivity index (χ4n) is 1.43. The predicted molar refractivity (Wildman–Crippen MR) is 70.5 cm³/mol. The summed E-state index contributed by atoms with van der Waals surface area (Å²) < 4.78 is 5.22. The van der Waals surface area contributed by atoms with Crippen molar-refractivity contribution in [3.05, 3.63) is 11.4 Å². The Morgan fingerprint density at radius 3 is 2.61 bits per heavy atom. The van der Waals surface area contributed by atoms with E-state index in [1.165, 1.54) is 0 Å². The quantitative estimate of drug-likeness (QED) is 0.737. The molecule has 6 nitrogen and oxygen atoms in total. The first-order chi connectivity index (χ1) is 8.28. The Morgan fingerprint density at radius 1 is 1.56 bits per heavy atom. The van der Waals surface area contributed by atoms with Crippen molar-refractivity contribution < 1.29 is 9.53 Å². The molecule has 102 valence electrons. The number of hydrogen-bond acceptors (Lipinski definition) is 4. The molecular formula is C12H22N4O2. The van der Waals surface area contributed by atoms with Gasteiger partial charge in [0.25, 0.3) is 5.91 Å². The summed E-state index contributed by atoms with van der Waals surface area (Å²) in [5.41, 5.74) is 6.92. The fraction of sp³-hybridized carbons (Fsp3) is 0.667. The Labute approximate surface area is 107 Å². The van der Waals surface area contributed by atoms with Crippen molar-refractivity contribution in [1.29, 1.82) is 0 Å². The molecular weight excluding hydrogens is 232 g/mol. The minimum absolute atomic E-state index is 0.203. The highest BCUT2D eigenvalue weighted by Gasteiger charge is 2.22. The third kappa shape index (κ3) is 3.22. The molecule has 0 saturated carbocycles. The second-order valence-electron chi connectivity index (χ2n) is 5.20. The molecule has 0 atom stereocenters. The number of nitrogens with one attached hydrogen (secondary N) is 2. The smallest absolute Gasteiger partial charge is 0.274 e. The molecule has 0 bridgehead atoms. The van der Waals surface area contributed by atoms with E-state index in [4.69, 9.17) is 10.5 Å². The molecule has 4 N–H and O–H groups in total. The fourth-order valence-corrected chi connectivity index (χ4v) is 1.43. The van der Waals surface area contributed by atoms with Crippen LogP contribution >= 0.6 is 0 Å². The van der Waals surface area contributed by atoms with E-state index >= 15 is 0 Å². The number of ether oxygens (including phenoxy) is 1. The molecule has 0 radical (unpaired) electrons. The van der Waals surface area contributed by atoms with Crippen LogP contribution in [0.2, 0.25) is 0 Å². The summed E-state index contributed by atoms with van der Waals surface area (Å²) >= 11 is 0. The van der Waals surface area contributed by atoms with Crippen LogP contribution in [0.4, 0.5) is 5.69 Å². The van der Waals surface area contributed by atoms with Gasteiger partial charge in [-0.1, -0.05) is 13.8 Å². The van der Waals surface area contributed by atoms with Crippen molar-refractivity contribution in [2.45, 2.75) is 39.2 Å². The van der Waals surface area contributed by atoms with Gasteiger partial charge in [0.1, 0.15) is 0 Å². The number of carbonyl (C=O) groups excluding carboxylic acids is 1. The molecule has 6 heteroatoms. The molecule has 0 aliphatic heterocycles. The van der Waals surface area contributed by atoms with Gasteiger partial charge in [-0.2, -0.15) is 5.10 Å². The van der Waals surface area contributed by atoms with E-state index in [0.717, 1.165) is 5.69 Å². The van der Waals surface area contributed by atoms with Crippen LogP contribution in [0.3, 0.4) is 0 Å². The molecule has 0 aliphatic rings. The summed E-state index contributed by atoms with van der Waals surface area (Å²) in [6.45, 7) is 8.15. The summed E-state index contributed by atoms with van der Waals surface area (Å²) in [5, 5.41) is 9.52. The van der Waals surface area contributed by atoms with Crippen LogP contribution in [0.15, 0.2) is 0 Å². The summed E-state index contributed by atoms with van der Waals surface area (Å²) in [6, 6.07) is 0. The number of nitrogen functional groups attached to an aromatic ring is 1. The first kappa shape index (κ1) is 14.5. The van der Waals surface area contributed by atoms with E-state index in [1.807, 2.05) is 27.7 Å². The van der Waals surface area contributed by atoms with Crippen LogP contribution in [-0.4, -0.2) is 35.4 Å². The molecule has 1 rings (SSSR count). The molecule has 0 spiro atoms. The third-order valence-electron chi connectivity index (χ3n) is 2.85.